The van der Waals surface area contributed by atoms with Gasteiger partial charge in [-0.05, 0) is 59.5 Å². The first kappa shape index (κ1) is 37.2. The number of hydrogen-bond acceptors (Lipinski definition) is 11. The lowest BCUT2D eigenvalue weighted by Crippen LogP contribution is -2.53. The monoisotopic (exact) mass is 722 g/mol. The quantitative estimate of drug-likeness (QED) is 0.107. The average molecular weight is 723 g/mol. The number of fused-ring (bicyclic) bond motifs is 1. The van der Waals surface area contributed by atoms with E-state index < -0.39 is 63.3 Å². The minimum Gasteiger partial charge on any atom is -0.493 e. The summed E-state index contributed by atoms with van der Waals surface area (Å²) < 4.78 is 104. The second-order valence-corrected chi connectivity index (χ2v) is 12.7. The zero-order valence-electron chi connectivity index (χ0n) is 26.8. The van der Waals surface area contributed by atoms with E-state index in [1.54, 1.807) is 0 Å². The molecule has 3 aromatic carbocycles. The minimum absolute atomic E-state index is 0.0758. The molecule has 0 fully saturated rings. The van der Waals surface area contributed by atoms with Crippen LogP contribution in [0.2, 0.25) is 0 Å². The number of amides is 2. The van der Waals surface area contributed by atoms with E-state index in [1.807, 2.05) is 0 Å². The molecule has 0 aliphatic heterocycles. The molecule has 1 aromatic heterocycles. The van der Waals surface area contributed by atoms with Crippen molar-refractivity contribution in [1.29, 1.82) is 0 Å². The molecule has 0 radical (unpaired) electrons. The second kappa shape index (κ2) is 14.5. The van der Waals surface area contributed by atoms with Gasteiger partial charge in [-0.1, -0.05) is 6.92 Å². The van der Waals surface area contributed by atoms with Crippen molar-refractivity contribution in [2.45, 2.75) is 37.3 Å². The van der Waals surface area contributed by atoms with Crippen LogP contribution in [0.4, 0.5) is 29.1 Å². The van der Waals surface area contributed by atoms with E-state index >= 15 is 4.39 Å². The number of aromatic nitrogens is 1. The van der Waals surface area contributed by atoms with Crippen molar-refractivity contribution in [2.24, 2.45) is 0 Å². The van der Waals surface area contributed by atoms with Crippen LogP contribution < -0.4 is 30.6 Å². The van der Waals surface area contributed by atoms with Crippen molar-refractivity contribution in [3.05, 3.63) is 77.7 Å². The fourth-order valence-electron chi connectivity index (χ4n) is 4.80. The van der Waals surface area contributed by atoms with Crippen molar-refractivity contribution in [2.75, 3.05) is 31.0 Å². The van der Waals surface area contributed by atoms with Crippen molar-refractivity contribution in [3.63, 3.8) is 0 Å². The Morgan fingerprint density at radius 1 is 0.960 bits per heavy atom. The van der Waals surface area contributed by atoms with Gasteiger partial charge in [0.15, 0.2) is 21.3 Å². The third-order valence-electron chi connectivity index (χ3n) is 7.16. The van der Waals surface area contributed by atoms with Crippen molar-refractivity contribution >= 4 is 49.9 Å². The first-order valence-electron chi connectivity index (χ1n) is 14.4. The van der Waals surface area contributed by atoms with Crippen molar-refractivity contribution in [3.8, 4) is 17.2 Å². The molecule has 266 valence electrons. The molecule has 18 heteroatoms. The average Bonchev–Trinajstić information content (AvgIpc) is 3.05. The molecule has 0 saturated heterocycles. The molecule has 4 rings (SSSR count). The number of nitrogens with two attached hydrogens (primary N) is 1. The van der Waals surface area contributed by atoms with Gasteiger partial charge in [-0.25, -0.2) is 22.6 Å². The van der Waals surface area contributed by atoms with Crippen LogP contribution in [0.3, 0.4) is 0 Å². The lowest BCUT2D eigenvalue weighted by molar-refractivity contribution is -0.241. The van der Waals surface area contributed by atoms with Gasteiger partial charge in [-0.15, -0.1) is 0 Å². The maximum absolute atomic E-state index is 16.0. The molecule has 0 spiro atoms. The largest absolute Gasteiger partial charge is 0.493 e. The number of pyridine rings is 1. The Morgan fingerprint density at radius 3 is 2.26 bits per heavy atom. The molecule has 2 amide bonds. The normalized spacial score (nSPS) is 12.8. The number of nitrogens with one attached hydrogen (secondary N) is 2. The third kappa shape index (κ3) is 7.80. The number of sulfone groups is 1. The Kier molecular flexibility index (Phi) is 10.7. The van der Waals surface area contributed by atoms with Crippen LogP contribution in [0.25, 0.3) is 10.8 Å². The first-order chi connectivity index (χ1) is 23.4. The summed E-state index contributed by atoms with van der Waals surface area (Å²) in [5.41, 5.74) is 4.81. The summed E-state index contributed by atoms with van der Waals surface area (Å²) >= 11 is 0. The Hall–Kier alpha value is -5.65. The summed E-state index contributed by atoms with van der Waals surface area (Å²) in [4.78, 5) is 42.1. The number of carbonyl (C=O) groups excluding carboxylic acids is 3. The highest BCUT2D eigenvalue weighted by atomic mass is 32.2. The number of halogens is 4. The predicted octanol–water partition coefficient (Wildman–Crippen LogP) is 4.38. The van der Waals surface area contributed by atoms with Crippen LogP contribution in [-0.2, 0) is 41.3 Å². The highest BCUT2D eigenvalue weighted by Gasteiger charge is 2.55. The molecule has 1 unspecified atom stereocenters. The van der Waals surface area contributed by atoms with Crippen LogP contribution >= 0.6 is 0 Å². The van der Waals surface area contributed by atoms with Crippen LogP contribution in [0.15, 0.2) is 65.7 Å². The van der Waals surface area contributed by atoms with Gasteiger partial charge in [0.1, 0.15) is 17.4 Å². The number of nitrogens with zero attached hydrogens (tertiary/aromatic N) is 1. The number of nitrogen functional groups attached to an aromatic ring is 1. The number of hydrogen-bond donors (Lipinski definition) is 3. The molecule has 50 heavy (non-hydrogen) atoms. The Labute approximate surface area is 282 Å². The Bertz CT molecular complexity index is 2080. The molecule has 0 saturated carbocycles. The molecule has 1 heterocycles. The van der Waals surface area contributed by atoms with Gasteiger partial charge in [-0.3, -0.25) is 9.59 Å². The molecular formula is C32H30F4N4O9S. The zero-order chi connectivity index (χ0) is 37.0. The van der Waals surface area contributed by atoms with E-state index in [0.29, 0.717) is 16.8 Å². The van der Waals surface area contributed by atoms with Gasteiger partial charge >= 0.3 is 23.8 Å². The second-order valence-electron chi connectivity index (χ2n) is 10.5. The number of ether oxygens (including phenoxy) is 4. The van der Waals surface area contributed by atoms with Crippen LogP contribution in [0, 0.1) is 5.82 Å². The number of methoxy groups -OCH3 is 2. The summed E-state index contributed by atoms with van der Waals surface area (Å²) in [6, 6.07) is 10.2. The number of carbonyl (C=O) groups is 3. The van der Waals surface area contributed by atoms with E-state index in [4.69, 9.17) is 24.7 Å². The fourth-order valence-corrected chi connectivity index (χ4v) is 5.92. The van der Waals surface area contributed by atoms with Gasteiger partial charge in [-0.2, -0.15) is 13.2 Å². The highest BCUT2D eigenvalue weighted by molar-refractivity contribution is 7.91. The summed E-state index contributed by atoms with van der Waals surface area (Å²) in [5.74, 6) is -11.4. The lowest BCUT2D eigenvalue weighted by atomic mass is 10.0. The molecule has 13 nitrogen and oxygen atoms in total. The minimum atomic E-state index is -5.72. The maximum Gasteiger partial charge on any atom is 0.491 e. The maximum atomic E-state index is 16.0. The van der Waals surface area contributed by atoms with Gasteiger partial charge in [0.25, 0.3) is 0 Å². The molecule has 1 atom stereocenters. The number of alkyl halides is 3. The number of esters is 1. The number of rotatable bonds is 12. The molecule has 0 aliphatic carbocycles. The Balaban J connectivity index is 1.96. The molecule has 0 aliphatic rings. The lowest BCUT2D eigenvalue weighted by Gasteiger charge is -2.33. The molecule has 4 aromatic rings. The predicted molar refractivity (Wildman–Crippen MR) is 170 cm³/mol. The first-order valence-corrected chi connectivity index (χ1v) is 16.1. The van der Waals surface area contributed by atoms with Gasteiger partial charge in [0.05, 0.1) is 30.4 Å². The third-order valence-corrected chi connectivity index (χ3v) is 8.99. The zero-order valence-corrected chi connectivity index (χ0v) is 27.6. The summed E-state index contributed by atoms with van der Waals surface area (Å²) in [6.07, 6.45) is -4.41. The van der Waals surface area contributed by atoms with E-state index in [1.165, 1.54) is 50.4 Å². The van der Waals surface area contributed by atoms with Crippen molar-refractivity contribution < 1.29 is 59.3 Å². The van der Waals surface area contributed by atoms with Crippen molar-refractivity contribution in [1.82, 2.24) is 10.3 Å². The number of benzene rings is 3. The van der Waals surface area contributed by atoms with Gasteiger partial charge in [0.2, 0.25) is 5.91 Å². The smallest absolute Gasteiger partial charge is 0.491 e. The standard InChI is InChI=1S/C32H30F4N4O9S/c1-5-50(44,45)27-9-6-20(40-17(2)41)12-19(27)16-39-29(42)31(49-30(43)32(34,35)36,23-14-25(46-3)26(47-4)15-24(23)33)48-21-7-8-22-18(13-21)10-11-38-28(22)37/h6-15H,5,16H2,1-4H3,(H2,37,38)(H,39,42)(H,40,41). The SMILES string of the molecule is CCS(=O)(=O)c1ccc(NC(C)=O)cc1CNC(=O)C(OC(=O)C(F)(F)F)(Oc1ccc2c(N)nccc2c1)c1cc(OC)c(OC)cc1F. The topological polar surface area (TPSA) is 185 Å². The van der Waals surface area contributed by atoms with Gasteiger partial charge < -0.3 is 35.3 Å². The van der Waals surface area contributed by atoms with Crippen LogP contribution in [0.5, 0.6) is 17.2 Å². The molecule has 4 N–H and O–H groups in total. The molecule has 0 bridgehead atoms. The van der Waals surface area contributed by atoms with E-state index in [9.17, 15) is 36.0 Å². The van der Waals surface area contributed by atoms with E-state index in [0.717, 1.165) is 32.4 Å². The van der Waals surface area contributed by atoms with Gasteiger partial charge in [0, 0.05) is 36.8 Å². The number of anilines is 2. The fraction of sp³-hybridized carbons (Fsp3) is 0.250. The van der Waals surface area contributed by atoms with E-state index in [-0.39, 0.29) is 39.2 Å². The van der Waals surface area contributed by atoms with Crippen LogP contribution in [0.1, 0.15) is 25.0 Å². The summed E-state index contributed by atoms with van der Waals surface area (Å²) in [6.45, 7) is 1.78. The molecular weight excluding hydrogens is 692 g/mol. The summed E-state index contributed by atoms with van der Waals surface area (Å²) in [5, 5.41) is 5.37. The Morgan fingerprint density at radius 2 is 1.64 bits per heavy atom. The van der Waals surface area contributed by atoms with Crippen LogP contribution in [-0.4, -0.2) is 57.3 Å². The summed E-state index contributed by atoms with van der Waals surface area (Å²) in [7, 11) is -1.72. The highest BCUT2D eigenvalue weighted by Crippen LogP contribution is 2.40. The van der Waals surface area contributed by atoms with E-state index in [2.05, 4.69) is 15.6 Å².